The van der Waals surface area contributed by atoms with Gasteiger partial charge in [-0.15, -0.1) is 0 Å². The number of H-pyrrole nitrogens is 2. The van der Waals surface area contributed by atoms with E-state index in [-0.39, 0.29) is 11.7 Å². The van der Waals surface area contributed by atoms with Crippen LogP contribution in [0.2, 0.25) is 0 Å². The number of aromatic nitrogens is 3. The number of fused-ring (bicyclic) bond motifs is 1. The monoisotopic (exact) mass is 351 g/mol. The second-order valence-electron chi connectivity index (χ2n) is 7.14. The van der Waals surface area contributed by atoms with Crippen LogP contribution in [0.15, 0.2) is 47.4 Å². The summed E-state index contributed by atoms with van der Waals surface area (Å²) in [5.74, 6) is 0. The van der Waals surface area contributed by atoms with Crippen molar-refractivity contribution in [2.24, 2.45) is 0 Å². The number of rotatable bonds is 5. The number of nitrogens with one attached hydrogen (secondary N) is 3. The third kappa shape index (κ3) is 3.86. The van der Waals surface area contributed by atoms with Crippen molar-refractivity contribution in [2.45, 2.75) is 38.4 Å². The summed E-state index contributed by atoms with van der Waals surface area (Å²) >= 11 is 0. The number of pyridine rings is 1. The summed E-state index contributed by atoms with van der Waals surface area (Å²) in [6, 6.07) is 13.0. The second kappa shape index (κ2) is 7.43. The highest BCUT2D eigenvalue weighted by Crippen LogP contribution is 2.20. The molecule has 1 fully saturated rings. The molecule has 6 heteroatoms. The summed E-state index contributed by atoms with van der Waals surface area (Å²) in [6.45, 7) is 5.29. The van der Waals surface area contributed by atoms with Crippen LogP contribution in [-0.2, 0) is 6.54 Å². The summed E-state index contributed by atoms with van der Waals surface area (Å²) in [4.78, 5) is 23.9. The summed E-state index contributed by atoms with van der Waals surface area (Å²) in [5.41, 5.74) is 3.91. The molecule has 136 valence electrons. The van der Waals surface area contributed by atoms with E-state index in [9.17, 15) is 4.79 Å². The molecule has 0 bridgehead atoms. The van der Waals surface area contributed by atoms with E-state index in [1.165, 1.54) is 5.56 Å². The molecular weight excluding hydrogens is 326 g/mol. The van der Waals surface area contributed by atoms with Gasteiger partial charge < -0.3 is 15.3 Å². The molecule has 1 saturated heterocycles. The van der Waals surface area contributed by atoms with Crippen LogP contribution < -0.4 is 11.0 Å². The van der Waals surface area contributed by atoms with Crippen LogP contribution >= 0.6 is 0 Å². The first-order valence-electron chi connectivity index (χ1n) is 9.27. The van der Waals surface area contributed by atoms with Crippen molar-refractivity contribution in [1.29, 1.82) is 0 Å². The Balaban J connectivity index is 1.32. The van der Waals surface area contributed by atoms with Gasteiger partial charge in [0, 0.05) is 37.9 Å². The minimum atomic E-state index is -0.155. The number of hydrogen-bond donors (Lipinski definition) is 3. The molecule has 1 aliphatic heterocycles. The zero-order chi connectivity index (χ0) is 17.9. The number of aromatic amines is 2. The average molecular weight is 351 g/mol. The number of likely N-dealkylation sites (tertiary alicyclic amines) is 1. The summed E-state index contributed by atoms with van der Waals surface area (Å²) in [6.07, 6.45) is 4.14. The minimum Gasteiger partial charge on any atom is -0.307 e. The van der Waals surface area contributed by atoms with E-state index in [2.05, 4.69) is 50.3 Å². The Morgan fingerprint density at radius 3 is 2.77 bits per heavy atom. The van der Waals surface area contributed by atoms with Gasteiger partial charge in [0.05, 0.1) is 16.7 Å². The molecule has 1 atom stereocenters. The van der Waals surface area contributed by atoms with Gasteiger partial charge in [-0.2, -0.15) is 0 Å². The van der Waals surface area contributed by atoms with Gasteiger partial charge in [0.15, 0.2) is 0 Å². The maximum absolute atomic E-state index is 11.4. The van der Waals surface area contributed by atoms with Crippen molar-refractivity contribution < 1.29 is 0 Å². The standard InChI is InChI=1S/C20H25N5O/c1-14(15-5-6-18-19(12-15)24-20(26)23-18)22-16-7-10-25(11-8-16)13-17-4-2-3-9-21-17/h2-6,9,12,14,16,22H,7-8,10-11,13H2,1H3,(H2,23,24,26). The van der Waals surface area contributed by atoms with E-state index in [1.54, 1.807) is 0 Å². The van der Waals surface area contributed by atoms with E-state index in [0.29, 0.717) is 6.04 Å². The summed E-state index contributed by atoms with van der Waals surface area (Å²) in [5, 5.41) is 3.75. The number of benzene rings is 1. The highest BCUT2D eigenvalue weighted by atomic mass is 16.1. The highest BCUT2D eigenvalue weighted by Gasteiger charge is 2.21. The predicted octanol–water partition coefficient (Wildman–Crippen LogP) is 2.57. The first kappa shape index (κ1) is 17.0. The van der Waals surface area contributed by atoms with Crippen LogP contribution in [0.25, 0.3) is 11.0 Å². The van der Waals surface area contributed by atoms with Crippen LogP contribution in [-0.4, -0.2) is 39.0 Å². The first-order valence-corrected chi connectivity index (χ1v) is 9.27. The molecular formula is C20H25N5O. The highest BCUT2D eigenvalue weighted by molar-refractivity contribution is 5.75. The Labute approximate surface area is 152 Å². The molecule has 2 aromatic heterocycles. The van der Waals surface area contributed by atoms with Crippen molar-refractivity contribution in [3.05, 3.63) is 64.3 Å². The molecule has 26 heavy (non-hydrogen) atoms. The topological polar surface area (TPSA) is 76.8 Å². The van der Waals surface area contributed by atoms with E-state index in [0.717, 1.165) is 49.2 Å². The number of hydrogen-bond acceptors (Lipinski definition) is 4. The Kier molecular flexibility index (Phi) is 4.86. The molecule has 3 aromatic rings. The minimum absolute atomic E-state index is 0.155. The van der Waals surface area contributed by atoms with Crippen molar-refractivity contribution >= 4 is 11.0 Å². The number of nitrogens with zero attached hydrogens (tertiary/aromatic N) is 2. The van der Waals surface area contributed by atoms with Gasteiger partial charge >= 0.3 is 5.69 Å². The molecule has 6 nitrogen and oxygen atoms in total. The van der Waals surface area contributed by atoms with Gasteiger partial charge in [-0.1, -0.05) is 12.1 Å². The van der Waals surface area contributed by atoms with Crippen LogP contribution in [0.3, 0.4) is 0 Å². The van der Waals surface area contributed by atoms with Crippen molar-refractivity contribution in [2.75, 3.05) is 13.1 Å². The van der Waals surface area contributed by atoms with E-state index in [1.807, 2.05) is 24.4 Å². The zero-order valence-electron chi connectivity index (χ0n) is 15.0. The molecule has 0 saturated carbocycles. The second-order valence-corrected chi connectivity index (χ2v) is 7.14. The molecule has 0 amide bonds. The Bertz CT molecular complexity index is 909. The predicted molar refractivity (Wildman–Crippen MR) is 103 cm³/mol. The zero-order valence-corrected chi connectivity index (χ0v) is 15.0. The van der Waals surface area contributed by atoms with E-state index < -0.39 is 0 Å². The third-order valence-electron chi connectivity index (χ3n) is 5.23. The molecule has 0 spiro atoms. The molecule has 3 N–H and O–H groups in total. The van der Waals surface area contributed by atoms with Gasteiger partial charge in [-0.25, -0.2) is 4.79 Å². The average Bonchev–Trinajstić information content (AvgIpc) is 3.03. The summed E-state index contributed by atoms with van der Waals surface area (Å²) < 4.78 is 0. The van der Waals surface area contributed by atoms with Crippen molar-refractivity contribution in [3.8, 4) is 0 Å². The SMILES string of the molecule is CC(NC1CCN(Cc2ccccn2)CC1)c1ccc2[nH]c(=O)[nH]c2c1. The van der Waals surface area contributed by atoms with Crippen LogP contribution in [0.4, 0.5) is 0 Å². The quantitative estimate of drug-likeness (QED) is 0.660. The molecule has 1 aromatic carbocycles. The summed E-state index contributed by atoms with van der Waals surface area (Å²) in [7, 11) is 0. The molecule has 0 radical (unpaired) electrons. The van der Waals surface area contributed by atoms with E-state index >= 15 is 0 Å². The van der Waals surface area contributed by atoms with Gasteiger partial charge in [-0.3, -0.25) is 9.88 Å². The molecule has 4 rings (SSSR count). The Morgan fingerprint density at radius 1 is 1.19 bits per heavy atom. The Morgan fingerprint density at radius 2 is 2.00 bits per heavy atom. The smallest absolute Gasteiger partial charge is 0.307 e. The fourth-order valence-corrected chi connectivity index (χ4v) is 3.75. The number of imidazole rings is 1. The largest absolute Gasteiger partial charge is 0.323 e. The molecule has 1 aliphatic rings. The maximum Gasteiger partial charge on any atom is 0.323 e. The molecule has 3 heterocycles. The maximum atomic E-state index is 11.4. The van der Waals surface area contributed by atoms with Crippen molar-refractivity contribution in [3.63, 3.8) is 0 Å². The van der Waals surface area contributed by atoms with Crippen molar-refractivity contribution in [1.82, 2.24) is 25.2 Å². The van der Waals surface area contributed by atoms with Gasteiger partial charge in [0.1, 0.15) is 0 Å². The van der Waals surface area contributed by atoms with Gasteiger partial charge in [0.25, 0.3) is 0 Å². The number of piperidine rings is 1. The lowest BCUT2D eigenvalue weighted by Gasteiger charge is -2.33. The lowest BCUT2D eigenvalue weighted by Crippen LogP contribution is -2.43. The molecule has 0 aliphatic carbocycles. The van der Waals surface area contributed by atoms with Crippen LogP contribution in [0, 0.1) is 0 Å². The first-order chi connectivity index (χ1) is 12.7. The fourth-order valence-electron chi connectivity index (χ4n) is 3.75. The Hall–Kier alpha value is -2.44. The van der Waals surface area contributed by atoms with Gasteiger partial charge in [0.2, 0.25) is 0 Å². The van der Waals surface area contributed by atoms with Crippen LogP contribution in [0.5, 0.6) is 0 Å². The molecule has 1 unspecified atom stereocenters. The normalized spacial score (nSPS) is 17.6. The third-order valence-corrected chi connectivity index (χ3v) is 5.23. The fraction of sp³-hybridized carbons (Fsp3) is 0.400. The van der Waals surface area contributed by atoms with Gasteiger partial charge in [-0.05, 0) is 49.6 Å². The van der Waals surface area contributed by atoms with Crippen LogP contribution in [0.1, 0.15) is 37.1 Å². The lowest BCUT2D eigenvalue weighted by atomic mass is 10.0. The van der Waals surface area contributed by atoms with E-state index in [4.69, 9.17) is 0 Å². The lowest BCUT2D eigenvalue weighted by molar-refractivity contribution is 0.183.